The Labute approximate surface area is 194 Å². The molecule has 2 aromatic carbocycles. The lowest BCUT2D eigenvalue weighted by Gasteiger charge is -2.34. The smallest absolute Gasteiger partial charge is 0.323 e. The Morgan fingerprint density at radius 3 is 2.48 bits per heavy atom. The second-order valence-electron chi connectivity index (χ2n) is 8.49. The topological polar surface area (TPSA) is 76.5 Å². The Bertz CT molecular complexity index is 1140. The molecule has 0 saturated carbocycles. The van der Waals surface area contributed by atoms with Gasteiger partial charge in [0.25, 0.3) is 0 Å². The van der Waals surface area contributed by atoms with Gasteiger partial charge in [-0.3, -0.25) is 19.2 Å². The zero-order valence-corrected chi connectivity index (χ0v) is 19.4. The van der Waals surface area contributed by atoms with E-state index >= 15 is 0 Å². The molecule has 33 heavy (non-hydrogen) atoms. The summed E-state index contributed by atoms with van der Waals surface area (Å²) in [6.07, 6.45) is 0.542. The molecule has 0 bridgehead atoms. The van der Waals surface area contributed by atoms with Crippen LogP contribution < -0.4 is 5.32 Å². The van der Waals surface area contributed by atoms with E-state index in [1.165, 1.54) is 12.7 Å². The number of esters is 1. The van der Waals surface area contributed by atoms with Crippen molar-refractivity contribution in [3.05, 3.63) is 88.2 Å². The first kappa shape index (κ1) is 22.7. The van der Waals surface area contributed by atoms with E-state index in [-0.39, 0.29) is 18.4 Å². The van der Waals surface area contributed by atoms with Crippen molar-refractivity contribution >= 4 is 11.9 Å². The van der Waals surface area contributed by atoms with Gasteiger partial charge in [-0.25, -0.2) is 0 Å². The van der Waals surface area contributed by atoms with Gasteiger partial charge in [-0.15, -0.1) is 0 Å². The number of nitrogens with zero attached hydrogens (tertiary/aromatic N) is 3. The molecule has 7 heteroatoms. The van der Waals surface area contributed by atoms with Gasteiger partial charge in [-0.1, -0.05) is 54.6 Å². The Balaban J connectivity index is 1.41. The first-order valence-corrected chi connectivity index (χ1v) is 11.2. The van der Waals surface area contributed by atoms with Crippen LogP contribution in [-0.4, -0.2) is 46.3 Å². The molecule has 1 N–H and O–H groups in total. The van der Waals surface area contributed by atoms with E-state index in [0.717, 1.165) is 28.1 Å². The largest absolute Gasteiger partial charge is 0.468 e. The summed E-state index contributed by atoms with van der Waals surface area (Å²) in [5, 5.41) is 7.68. The van der Waals surface area contributed by atoms with Gasteiger partial charge in [-0.05, 0) is 37.0 Å². The average molecular weight is 447 g/mol. The molecule has 0 aliphatic carbocycles. The Kier molecular flexibility index (Phi) is 6.89. The number of benzene rings is 2. The number of aromatic nitrogens is 2. The minimum absolute atomic E-state index is 0.127. The SMILES string of the molecule is COC(=O)C1Cc2ccccc2CN1CC(=O)NCc1c(C)nn(Cc2ccccc2)c1C. The van der Waals surface area contributed by atoms with Crippen molar-refractivity contribution in [2.75, 3.05) is 13.7 Å². The van der Waals surface area contributed by atoms with Crippen molar-refractivity contribution in [2.24, 2.45) is 0 Å². The van der Waals surface area contributed by atoms with E-state index in [1.54, 1.807) is 0 Å². The zero-order valence-electron chi connectivity index (χ0n) is 19.4. The lowest BCUT2D eigenvalue weighted by Crippen LogP contribution is -2.49. The Hall–Kier alpha value is -3.45. The lowest BCUT2D eigenvalue weighted by atomic mass is 9.94. The standard InChI is InChI=1S/C26H30N4O3/c1-18-23(19(2)30(28-18)15-20-9-5-4-6-10-20)14-27-25(31)17-29-16-22-12-8-7-11-21(22)13-24(29)26(32)33-3/h4-12,24H,13-17H2,1-3H3,(H,27,31). The maximum Gasteiger partial charge on any atom is 0.323 e. The van der Waals surface area contributed by atoms with Gasteiger partial charge >= 0.3 is 5.97 Å². The van der Waals surface area contributed by atoms with Crippen LogP contribution in [0.2, 0.25) is 0 Å². The highest BCUT2D eigenvalue weighted by Crippen LogP contribution is 2.24. The highest BCUT2D eigenvalue weighted by Gasteiger charge is 2.33. The lowest BCUT2D eigenvalue weighted by molar-refractivity contribution is -0.148. The summed E-state index contributed by atoms with van der Waals surface area (Å²) in [7, 11) is 1.39. The number of hydrogen-bond acceptors (Lipinski definition) is 5. The van der Waals surface area contributed by atoms with E-state index in [9.17, 15) is 9.59 Å². The van der Waals surface area contributed by atoms with Gasteiger partial charge < -0.3 is 10.1 Å². The van der Waals surface area contributed by atoms with Crippen LogP contribution in [0.5, 0.6) is 0 Å². The molecule has 1 atom stereocenters. The van der Waals surface area contributed by atoms with Crippen molar-refractivity contribution in [2.45, 2.75) is 45.9 Å². The summed E-state index contributed by atoms with van der Waals surface area (Å²) in [6.45, 7) is 5.75. The number of carbonyl (C=O) groups is 2. The van der Waals surface area contributed by atoms with E-state index in [4.69, 9.17) is 4.74 Å². The molecular formula is C26H30N4O3. The molecular weight excluding hydrogens is 416 g/mol. The van der Waals surface area contributed by atoms with Gasteiger partial charge in [-0.2, -0.15) is 5.10 Å². The third-order valence-corrected chi connectivity index (χ3v) is 6.33. The molecule has 1 aromatic heterocycles. The highest BCUT2D eigenvalue weighted by atomic mass is 16.5. The number of hydrogen-bond donors (Lipinski definition) is 1. The van der Waals surface area contributed by atoms with Crippen LogP contribution in [0.4, 0.5) is 0 Å². The fourth-order valence-corrected chi connectivity index (χ4v) is 4.44. The molecule has 2 heterocycles. The molecule has 1 amide bonds. The minimum Gasteiger partial charge on any atom is -0.468 e. The summed E-state index contributed by atoms with van der Waals surface area (Å²) < 4.78 is 6.98. The van der Waals surface area contributed by atoms with E-state index in [0.29, 0.717) is 26.1 Å². The number of amides is 1. The predicted molar refractivity (Wildman–Crippen MR) is 125 cm³/mol. The van der Waals surface area contributed by atoms with Gasteiger partial charge in [0.15, 0.2) is 0 Å². The monoisotopic (exact) mass is 446 g/mol. The van der Waals surface area contributed by atoms with Gasteiger partial charge in [0.05, 0.1) is 25.9 Å². The van der Waals surface area contributed by atoms with Crippen LogP contribution in [-0.2, 0) is 40.4 Å². The molecule has 4 rings (SSSR count). The fourth-order valence-electron chi connectivity index (χ4n) is 4.44. The maximum atomic E-state index is 12.8. The van der Waals surface area contributed by atoms with E-state index in [1.807, 2.05) is 65.9 Å². The number of methoxy groups -OCH3 is 1. The summed E-state index contributed by atoms with van der Waals surface area (Å²) in [5.74, 6) is -0.441. The van der Waals surface area contributed by atoms with Crippen molar-refractivity contribution in [3.8, 4) is 0 Å². The maximum absolute atomic E-state index is 12.8. The van der Waals surface area contributed by atoms with Crippen molar-refractivity contribution in [1.82, 2.24) is 20.0 Å². The molecule has 172 valence electrons. The van der Waals surface area contributed by atoms with Gasteiger partial charge in [0.1, 0.15) is 6.04 Å². The third-order valence-electron chi connectivity index (χ3n) is 6.33. The van der Waals surface area contributed by atoms with Crippen molar-refractivity contribution < 1.29 is 14.3 Å². The quantitative estimate of drug-likeness (QED) is 0.565. The normalized spacial score (nSPS) is 15.7. The molecule has 0 fully saturated rings. The molecule has 0 spiro atoms. The van der Waals surface area contributed by atoms with Crippen molar-refractivity contribution in [3.63, 3.8) is 0 Å². The molecule has 7 nitrogen and oxygen atoms in total. The van der Waals surface area contributed by atoms with E-state index in [2.05, 4.69) is 22.5 Å². The molecule has 0 radical (unpaired) electrons. The van der Waals surface area contributed by atoms with Crippen LogP contribution in [0, 0.1) is 13.8 Å². The first-order chi connectivity index (χ1) is 16.0. The number of rotatable bonds is 7. The zero-order chi connectivity index (χ0) is 23.4. The summed E-state index contributed by atoms with van der Waals surface area (Å²) >= 11 is 0. The average Bonchev–Trinajstić information content (AvgIpc) is 3.09. The Morgan fingerprint density at radius 2 is 1.76 bits per heavy atom. The Morgan fingerprint density at radius 1 is 1.06 bits per heavy atom. The minimum atomic E-state index is -0.465. The van der Waals surface area contributed by atoms with Gasteiger partial charge in [0, 0.05) is 24.3 Å². The number of aryl methyl sites for hydroxylation is 1. The summed E-state index contributed by atoms with van der Waals surface area (Å²) in [6, 6.07) is 17.7. The molecule has 1 aliphatic rings. The van der Waals surface area contributed by atoms with E-state index < -0.39 is 6.04 Å². The fraction of sp³-hybridized carbons (Fsp3) is 0.346. The predicted octanol–water partition coefficient (Wildman–Crippen LogP) is 2.76. The molecule has 1 unspecified atom stereocenters. The number of carbonyl (C=O) groups excluding carboxylic acids is 2. The second-order valence-corrected chi connectivity index (χ2v) is 8.49. The number of nitrogens with one attached hydrogen (secondary N) is 1. The second kappa shape index (κ2) is 10.0. The van der Waals surface area contributed by atoms with Crippen LogP contribution in [0.1, 0.15) is 33.6 Å². The van der Waals surface area contributed by atoms with Crippen molar-refractivity contribution in [1.29, 1.82) is 0 Å². The highest BCUT2D eigenvalue weighted by molar-refractivity contribution is 5.81. The van der Waals surface area contributed by atoms with Crippen LogP contribution >= 0.6 is 0 Å². The third kappa shape index (κ3) is 5.14. The number of fused-ring (bicyclic) bond motifs is 1. The van der Waals surface area contributed by atoms with Gasteiger partial charge in [0.2, 0.25) is 5.91 Å². The molecule has 1 aliphatic heterocycles. The number of ether oxygens (including phenoxy) is 1. The molecule has 0 saturated heterocycles. The van der Waals surface area contributed by atoms with Crippen LogP contribution in [0.15, 0.2) is 54.6 Å². The first-order valence-electron chi connectivity index (χ1n) is 11.2. The van der Waals surface area contributed by atoms with Crippen LogP contribution in [0.3, 0.4) is 0 Å². The summed E-state index contributed by atoms with van der Waals surface area (Å²) in [4.78, 5) is 27.1. The van der Waals surface area contributed by atoms with Crippen LogP contribution in [0.25, 0.3) is 0 Å². The summed E-state index contributed by atoms with van der Waals surface area (Å²) in [5.41, 5.74) is 6.41. The molecule has 3 aromatic rings.